The van der Waals surface area contributed by atoms with Crippen LogP contribution in [0.3, 0.4) is 0 Å². The molecule has 0 bridgehead atoms. The quantitative estimate of drug-likeness (QED) is 0.534. The third-order valence-electron chi connectivity index (χ3n) is 2.92. The topological polar surface area (TPSA) is 110 Å². The van der Waals surface area contributed by atoms with E-state index in [1.54, 1.807) is 0 Å². The zero-order valence-corrected chi connectivity index (χ0v) is 14.6. The lowest BCUT2D eigenvalue weighted by Crippen LogP contribution is -2.44. The van der Waals surface area contributed by atoms with Gasteiger partial charge in [-0.2, -0.15) is 0 Å². The molecule has 1 aromatic rings. The molecule has 0 radical (unpaired) electrons. The second-order valence-corrected chi connectivity index (χ2v) is 7.83. The van der Waals surface area contributed by atoms with Crippen molar-refractivity contribution in [2.75, 3.05) is 12.9 Å². The predicted molar refractivity (Wildman–Crippen MR) is 84.8 cm³/mol. The van der Waals surface area contributed by atoms with E-state index in [0.717, 1.165) is 6.26 Å². The molecule has 0 heterocycles. The molecular weight excluding hydrogens is 388 g/mol. The lowest BCUT2D eigenvalue weighted by molar-refractivity contribution is -0.121. The molecule has 11 heteroatoms. The molecule has 7 nitrogen and oxygen atoms in total. The van der Waals surface area contributed by atoms with Crippen molar-refractivity contribution in [1.29, 1.82) is 0 Å². The number of benzene rings is 1. The molecule has 0 saturated heterocycles. The number of rotatable bonds is 7. The highest BCUT2D eigenvalue weighted by Crippen LogP contribution is 2.24. The number of nitrogens with one attached hydrogen (secondary N) is 1. The SMILES string of the molecule is CS(=O)(=O)c1ccc(C(OC(=O)O)C(CF)NC(=O)C(Cl)Cl)cc1. The average Bonchev–Trinajstić information content (AvgIpc) is 2.49. The minimum Gasteiger partial charge on any atom is -0.450 e. The Balaban J connectivity index is 3.15. The van der Waals surface area contributed by atoms with Gasteiger partial charge in [0.05, 0.1) is 10.9 Å². The van der Waals surface area contributed by atoms with E-state index in [0.29, 0.717) is 0 Å². The fourth-order valence-corrected chi connectivity index (χ4v) is 2.59. The molecule has 2 atom stereocenters. The molecule has 0 spiro atoms. The minimum absolute atomic E-state index is 0.0114. The van der Waals surface area contributed by atoms with Crippen LogP contribution in [0, 0.1) is 0 Å². The zero-order chi connectivity index (χ0) is 18.5. The van der Waals surface area contributed by atoms with Crippen molar-refractivity contribution in [1.82, 2.24) is 5.32 Å². The number of hydrogen-bond acceptors (Lipinski definition) is 5. The summed E-state index contributed by atoms with van der Waals surface area (Å²) in [5.74, 6) is -0.923. The van der Waals surface area contributed by atoms with E-state index in [1.807, 2.05) is 0 Å². The maximum absolute atomic E-state index is 13.3. The van der Waals surface area contributed by atoms with Crippen LogP contribution in [0.2, 0.25) is 0 Å². The Morgan fingerprint density at radius 1 is 1.29 bits per heavy atom. The number of carbonyl (C=O) groups excluding carboxylic acids is 1. The van der Waals surface area contributed by atoms with Crippen molar-refractivity contribution in [3.63, 3.8) is 0 Å². The lowest BCUT2D eigenvalue weighted by Gasteiger charge is -2.25. The van der Waals surface area contributed by atoms with E-state index >= 15 is 0 Å². The van der Waals surface area contributed by atoms with Crippen molar-refractivity contribution in [2.45, 2.75) is 21.9 Å². The van der Waals surface area contributed by atoms with Crippen molar-refractivity contribution in [3.05, 3.63) is 29.8 Å². The summed E-state index contributed by atoms with van der Waals surface area (Å²) in [4.78, 5) is 20.9. The molecule has 0 aromatic heterocycles. The van der Waals surface area contributed by atoms with Crippen LogP contribution >= 0.6 is 23.2 Å². The maximum Gasteiger partial charge on any atom is 0.506 e. The molecule has 134 valence electrons. The van der Waals surface area contributed by atoms with Crippen LogP contribution in [0.15, 0.2) is 29.2 Å². The highest BCUT2D eigenvalue weighted by Gasteiger charge is 2.30. The van der Waals surface area contributed by atoms with Gasteiger partial charge in [-0.05, 0) is 17.7 Å². The number of alkyl halides is 3. The van der Waals surface area contributed by atoms with Gasteiger partial charge in [0, 0.05) is 6.26 Å². The Kier molecular flexibility index (Phi) is 7.25. The van der Waals surface area contributed by atoms with Crippen molar-refractivity contribution >= 4 is 45.1 Å². The molecule has 0 aliphatic heterocycles. The summed E-state index contributed by atoms with van der Waals surface area (Å²) >= 11 is 10.7. The van der Waals surface area contributed by atoms with Gasteiger partial charge in [-0.15, -0.1) is 0 Å². The molecule has 0 saturated carbocycles. The van der Waals surface area contributed by atoms with Gasteiger partial charge < -0.3 is 15.2 Å². The van der Waals surface area contributed by atoms with Crippen LogP contribution in [-0.2, 0) is 19.4 Å². The molecule has 2 N–H and O–H groups in total. The second-order valence-electron chi connectivity index (χ2n) is 4.72. The Morgan fingerprint density at radius 3 is 2.21 bits per heavy atom. The Bertz CT molecular complexity index is 695. The number of amides is 1. The summed E-state index contributed by atoms with van der Waals surface area (Å²) in [6.45, 7) is -1.17. The smallest absolute Gasteiger partial charge is 0.450 e. The standard InChI is InChI=1S/C13H14Cl2FNO6S/c1-24(21,22)8-4-2-7(3-5-8)10(23-13(19)20)9(6-16)17-12(18)11(14)15/h2-5,9-11H,6H2,1H3,(H,17,18)(H,19,20). The Labute approximate surface area is 147 Å². The van der Waals surface area contributed by atoms with Crippen LogP contribution < -0.4 is 5.32 Å². The van der Waals surface area contributed by atoms with Gasteiger partial charge in [0.2, 0.25) is 0 Å². The summed E-state index contributed by atoms with van der Waals surface area (Å²) in [6.07, 6.45) is -2.12. The van der Waals surface area contributed by atoms with E-state index in [4.69, 9.17) is 28.3 Å². The normalized spacial score (nSPS) is 14.0. The largest absolute Gasteiger partial charge is 0.506 e. The highest BCUT2D eigenvalue weighted by molar-refractivity contribution is 7.90. The van der Waals surface area contributed by atoms with Crippen molar-refractivity contribution < 1.29 is 32.2 Å². The fourth-order valence-electron chi connectivity index (χ4n) is 1.84. The molecule has 0 aliphatic carbocycles. The van der Waals surface area contributed by atoms with E-state index in [-0.39, 0.29) is 10.5 Å². The summed E-state index contributed by atoms with van der Waals surface area (Å²) in [7, 11) is -3.46. The van der Waals surface area contributed by atoms with Crippen molar-refractivity contribution in [2.24, 2.45) is 0 Å². The first-order valence-corrected chi connectivity index (χ1v) is 9.16. The third-order valence-corrected chi connectivity index (χ3v) is 4.45. The molecule has 0 aliphatic rings. The molecule has 0 fully saturated rings. The average molecular weight is 402 g/mol. The first-order valence-electron chi connectivity index (χ1n) is 6.40. The van der Waals surface area contributed by atoms with E-state index < -0.39 is 45.6 Å². The van der Waals surface area contributed by atoms with E-state index in [2.05, 4.69) is 10.1 Å². The number of carbonyl (C=O) groups is 2. The zero-order valence-electron chi connectivity index (χ0n) is 12.3. The molecule has 2 unspecified atom stereocenters. The van der Waals surface area contributed by atoms with Crippen LogP contribution in [0.4, 0.5) is 9.18 Å². The summed E-state index contributed by atoms with van der Waals surface area (Å²) in [5, 5.41) is 10.9. The fraction of sp³-hybridized carbons (Fsp3) is 0.385. The number of carboxylic acid groups (broad SMARTS) is 1. The summed E-state index contributed by atoms with van der Waals surface area (Å²) in [6, 6.07) is 3.56. The van der Waals surface area contributed by atoms with Crippen LogP contribution in [0.5, 0.6) is 0 Å². The first kappa shape index (κ1) is 20.5. The number of halogens is 3. The van der Waals surface area contributed by atoms with E-state index in [1.165, 1.54) is 24.3 Å². The monoisotopic (exact) mass is 401 g/mol. The molecule has 24 heavy (non-hydrogen) atoms. The maximum atomic E-state index is 13.3. The van der Waals surface area contributed by atoms with Gasteiger partial charge in [-0.3, -0.25) is 4.79 Å². The van der Waals surface area contributed by atoms with E-state index in [9.17, 15) is 22.4 Å². The first-order chi connectivity index (χ1) is 11.1. The Morgan fingerprint density at radius 2 is 1.83 bits per heavy atom. The van der Waals surface area contributed by atoms with Crippen LogP contribution in [-0.4, -0.2) is 49.4 Å². The Hall–Kier alpha value is -1.58. The summed E-state index contributed by atoms with van der Waals surface area (Å²) < 4.78 is 40.7. The predicted octanol–water partition coefficient (Wildman–Crippen LogP) is 2.08. The number of ether oxygens (including phenoxy) is 1. The van der Waals surface area contributed by atoms with Crippen molar-refractivity contribution in [3.8, 4) is 0 Å². The highest BCUT2D eigenvalue weighted by atomic mass is 35.5. The molecule has 1 rings (SSSR count). The minimum atomic E-state index is -3.46. The number of sulfone groups is 1. The van der Waals surface area contributed by atoms with Gasteiger partial charge in [0.25, 0.3) is 5.91 Å². The van der Waals surface area contributed by atoms with Crippen LogP contribution in [0.1, 0.15) is 11.7 Å². The van der Waals surface area contributed by atoms with Gasteiger partial charge in [0.1, 0.15) is 6.67 Å². The van der Waals surface area contributed by atoms with Gasteiger partial charge in [-0.1, -0.05) is 35.3 Å². The second kappa shape index (κ2) is 8.50. The lowest BCUT2D eigenvalue weighted by atomic mass is 10.0. The molecular formula is C13H14Cl2FNO6S. The van der Waals surface area contributed by atoms with Gasteiger partial charge in [-0.25, -0.2) is 17.6 Å². The van der Waals surface area contributed by atoms with Crippen LogP contribution in [0.25, 0.3) is 0 Å². The van der Waals surface area contributed by atoms with Gasteiger partial charge >= 0.3 is 6.16 Å². The molecule has 1 aromatic carbocycles. The summed E-state index contributed by atoms with van der Waals surface area (Å²) in [5.41, 5.74) is 0.147. The third kappa shape index (κ3) is 5.81. The molecule has 1 amide bonds. The number of hydrogen-bond donors (Lipinski definition) is 2. The van der Waals surface area contributed by atoms with Gasteiger partial charge in [0.15, 0.2) is 20.8 Å².